The summed E-state index contributed by atoms with van der Waals surface area (Å²) in [5.41, 5.74) is 0.158. The fourth-order valence-electron chi connectivity index (χ4n) is 0.782. The van der Waals surface area contributed by atoms with E-state index < -0.39 is 6.56 Å². The van der Waals surface area contributed by atoms with Gasteiger partial charge in [0.2, 0.25) is 0 Å². The number of rotatable bonds is 4. The summed E-state index contributed by atoms with van der Waals surface area (Å²) in [6.07, 6.45) is 0. The molecule has 1 aromatic carbocycles. The standard InChI is InChI=1S/C9H12O3/c1-11-7-12-9-4-2-3-8(5-9)6-10/h2-5,10H,6-7H2,1H3/i6D2. The Morgan fingerprint density at radius 2 is 2.42 bits per heavy atom. The largest absolute Gasteiger partial charge is 0.468 e. The van der Waals surface area contributed by atoms with Crippen LogP contribution < -0.4 is 4.74 Å². The van der Waals surface area contributed by atoms with Crippen LogP contribution in [-0.2, 0) is 11.3 Å². The van der Waals surface area contributed by atoms with E-state index in [1.165, 1.54) is 19.2 Å². The van der Waals surface area contributed by atoms with Gasteiger partial charge in [0.15, 0.2) is 6.79 Å². The second-order valence-electron chi connectivity index (χ2n) is 2.19. The summed E-state index contributed by atoms with van der Waals surface area (Å²) in [6, 6.07) is 6.18. The van der Waals surface area contributed by atoms with Gasteiger partial charge in [0, 0.05) is 7.11 Å². The van der Waals surface area contributed by atoms with Gasteiger partial charge in [-0.05, 0) is 17.7 Å². The summed E-state index contributed by atoms with van der Waals surface area (Å²) in [6.45, 7) is -2.25. The van der Waals surface area contributed by atoms with Crippen LogP contribution in [0.4, 0.5) is 0 Å². The zero-order chi connectivity index (χ0) is 10.6. The molecule has 0 aromatic heterocycles. The Hall–Kier alpha value is -1.06. The Kier molecular flexibility index (Phi) is 2.55. The third-order valence-electron chi connectivity index (χ3n) is 1.31. The van der Waals surface area contributed by atoms with E-state index in [1.807, 2.05) is 0 Å². The lowest BCUT2D eigenvalue weighted by molar-refractivity contribution is 0.0510. The van der Waals surface area contributed by atoms with Crippen molar-refractivity contribution in [2.75, 3.05) is 13.9 Å². The van der Waals surface area contributed by atoms with Crippen molar-refractivity contribution in [3.05, 3.63) is 29.8 Å². The van der Waals surface area contributed by atoms with Gasteiger partial charge in [0.05, 0.1) is 9.30 Å². The molecule has 1 aromatic rings. The van der Waals surface area contributed by atoms with E-state index in [0.717, 1.165) is 0 Å². The molecule has 0 saturated carbocycles. The quantitative estimate of drug-likeness (QED) is 0.689. The molecule has 1 N–H and O–H groups in total. The highest BCUT2D eigenvalue weighted by atomic mass is 16.7. The van der Waals surface area contributed by atoms with Crippen LogP contribution >= 0.6 is 0 Å². The van der Waals surface area contributed by atoms with Crippen LogP contribution in [0.2, 0.25) is 0 Å². The Morgan fingerprint density at radius 3 is 3.08 bits per heavy atom. The van der Waals surface area contributed by atoms with Gasteiger partial charge in [-0.15, -0.1) is 0 Å². The third-order valence-corrected chi connectivity index (χ3v) is 1.31. The van der Waals surface area contributed by atoms with E-state index in [0.29, 0.717) is 5.75 Å². The first kappa shape index (κ1) is 6.46. The first-order valence-electron chi connectivity index (χ1n) is 4.48. The average Bonchev–Trinajstić information content (AvgIpc) is 2.14. The number of hydrogen-bond acceptors (Lipinski definition) is 3. The molecule has 0 unspecified atom stereocenters. The molecule has 3 nitrogen and oxygen atoms in total. The van der Waals surface area contributed by atoms with Crippen LogP contribution in [0.25, 0.3) is 0 Å². The number of benzene rings is 1. The normalized spacial score (nSPS) is 13.5. The molecule has 0 fully saturated rings. The number of ether oxygens (including phenoxy) is 2. The molecule has 0 saturated heterocycles. The van der Waals surface area contributed by atoms with Gasteiger partial charge in [0.25, 0.3) is 0 Å². The van der Waals surface area contributed by atoms with Crippen LogP contribution in [0.1, 0.15) is 8.30 Å². The maximum Gasteiger partial charge on any atom is 0.188 e. The van der Waals surface area contributed by atoms with Crippen molar-refractivity contribution in [1.29, 1.82) is 0 Å². The molecule has 3 heteroatoms. The van der Waals surface area contributed by atoms with Crippen molar-refractivity contribution in [3.63, 3.8) is 0 Å². The van der Waals surface area contributed by atoms with E-state index in [2.05, 4.69) is 0 Å². The Morgan fingerprint density at radius 1 is 1.58 bits per heavy atom. The van der Waals surface area contributed by atoms with Gasteiger partial charge in [-0.25, -0.2) is 0 Å². The smallest absolute Gasteiger partial charge is 0.188 e. The van der Waals surface area contributed by atoms with E-state index in [9.17, 15) is 0 Å². The van der Waals surface area contributed by atoms with Crippen LogP contribution in [-0.4, -0.2) is 19.0 Å². The molecule has 0 aliphatic rings. The van der Waals surface area contributed by atoms with Gasteiger partial charge in [-0.1, -0.05) is 12.1 Å². The minimum absolute atomic E-state index is 0.0951. The summed E-state index contributed by atoms with van der Waals surface area (Å²) >= 11 is 0. The lowest BCUT2D eigenvalue weighted by Crippen LogP contribution is -1.98. The molecule has 1 rings (SSSR count). The molecule has 0 atom stereocenters. The summed E-state index contributed by atoms with van der Waals surface area (Å²) in [5, 5.41) is 9.09. The van der Waals surface area contributed by atoms with E-state index in [1.54, 1.807) is 12.1 Å². The molecule has 0 heterocycles. The molecule has 12 heavy (non-hydrogen) atoms. The van der Waals surface area contributed by atoms with E-state index in [4.69, 9.17) is 17.3 Å². The molecule has 0 aliphatic carbocycles. The van der Waals surface area contributed by atoms with Crippen molar-refractivity contribution in [1.82, 2.24) is 0 Å². The lowest BCUT2D eigenvalue weighted by Gasteiger charge is -2.04. The zero-order valence-corrected chi connectivity index (χ0v) is 6.78. The minimum Gasteiger partial charge on any atom is -0.468 e. The topological polar surface area (TPSA) is 38.7 Å². The molecular formula is C9H12O3. The summed E-state index contributed by atoms with van der Waals surface area (Å²) in [5.74, 6) is 0.460. The van der Waals surface area contributed by atoms with E-state index >= 15 is 0 Å². The summed E-state index contributed by atoms with van der Waals surface area (Å²) in [7, 11) is 1.50. The zero-order valence-electron chi connectivity index (χ0n) is 8.78. The minimum atomic E-state index is -2.34. The highest BCUT2D eigenvalue weighted by molar-refractivity contribution is 5.27. The molecular weight excluding hydrogens is 156 g/mol. The van der Waals surface area contributed by atoms with Crippen molar-refractivity contribution in [3.8, 4) is 5.75 Å². The second-order valence-corrected chi connectivity index (χ2v) is 2.19. The van der Waals surface area contributed by atoms with Crippen molar-refractivity contribution in [2.45, 2.75) is 6.56 Å². The molecule has 0 spiro atoms. The molecule has 0 bridgehead atoms. The van der Waals surface area contributed by atoms with Gasteiger partial charge in [-0.2, -0.15) is 0 Å². The molecule has 0 amide bonds. The fraction of sp³-hybridized carbons (Fsp3) is 0.333. The van der Waals surface area contributed by atoms with Crippen LogP contribution in [0.5, 0.6) is 5.75 Å². The second kappa shape index (κ2) is 4.74. The Bertz CT molecular complexity index is 296. The highest BCUT2D eigenvalue weighted by Crippen LogP contribution is 2.12. The maximum atomic E-state index is 9.09. The number of hydrogen-bond donors (Lipinski definition) is 1. The van der Waals surface area contributed by atoms with Crippen molar-refractivity contribution >= 4 is 0 Å². The summed E-state index contributed by atoms with van der Waals surface area (Å²) in [4.78, 5) is 0. The van der Waals surface area contributed by atoms with Crippen LogP contribution in [0, 0.1) is 0 Å². The Balaban J connectivity index is 2.79. The van der Waals surface area contributed by atoms with Crippen LogP contribution in [0.3, 0.4) is 0 Å². The first-order chi connectivity index (χ1) is 6.54. The predicted molar refractivity (Wildman–Crippen MR) is 44.9 cm³/mol. The van der Waals surface area contributed by atoms with Crippen molar-refractivity contribution < 1.29 is 17.3 Å². The molecule has 0 radical (unpaired) electrons. The maximum absolute atomic E-state index is 9.09. The monoisotopic (exact) mass is 170 g/mol. The molecule has 66 valence electrons. The van der Waals surface area contributed by atoms with Gasteiger partial charge in [-0.3, -0.25) is 0 Å². The third kappa shape index (κ3) is 2.53. The molecule has 0 aliphatic heterocycles. The van der Waals surface area contributed by atoms with Crippen molar-refractivity contribution in [2.24, 2.45) is 0 Å². The first-order valence-corrected chi connectivity index (χ1v) is 3.48. The number of aliphatic hydroxyl groups is 1. The van der Waals surface area contributed by atoms with Gasteiger partial charge >= 0.3 is 0 Å². The lowest BCUT2D eigenvalue weighted by atomic mass is 10.2. The van der Waals surface area contributed by atoms with Gasteiger partial charge in [0.1, 0.15) is 5.75 Å². The predicted octanol–water partition coefficient (Wildman–Crippen LogP) is 1.16. The fourth-order valence-corrected chi connectivity index (χ4v) is 0.782. The average molecular weight is 170 g/mol. The van der Waals surface area contributed by atoms with Crippen LogP contribution in [0.15, 0.2) is 24.3 Å². The summed E-state index contributed by atoms with van der Waals surface area (Å²) < 4.78 is 23.9. The Labute approximate surface area is 74.4 Å². The SMILES string of the molecule is [2H]C([2H])(O)c1cccc(OCOC)c1. The van der Waals surface area contributed by atoms with Gasteiger partial charge < -0.3 is 14.6 Å². The number of methoxy groups -OCH3 is 1. The van der Waals surface area contributed by atoms with E-state index in [-0.39, 0.29) is 12.4 Å². The highest BCUT2D eigenvalue weighted by Gasteiger charge is 1.94.